The van der Waals surface area contributed by atoms with Crippen LogP contribution in [0.25, 0.3) is 0 Å². The molecule has 2 heterocycles. The lowest BCUT2D eigenvalue weighted by Gasteiger charge is -2.03. The molecule has 1 amide bonds. The molecule has 4 rings (SSSR count). The minimum absolute atomic E-state index is 0.0797. The summed E-state index contributed by atoms with van der Waals surface area (Å²) in [7, 11) is 1.61. The zero-order valence-corrected chi connectivity index (χ0v) is 15.8. The molecule has 1 aliphatic rings. The summed E-state index contributed by atoms with van der Waals surface area (Å²) in [4.78, 5) is 13.1. The monoisotopic (exact) mass is 399 g/mol. The third-order valence-corrected chi connectivity index (χ3v) is 4.95. The van der Waals surface area contributed by atoms with Crippen LogP contribution in [0.15, 0.2) is 51.8 Å². The van der Waals surface area contributed by atoms with Crippen molar-refractivity contribution in [2.24, 2.45) is 0 Å². The number of thioether (sulfide) groups is 1. The fourth-order valence-corrected chi connectivity index (χ4v) is 3.28. The van der Waals surface area contributed by atoms with Crippen molar-refractivity contribution in [1.29, 1.82) is 0 Å². The average molecular weight is 399 g/mol. The molecule has 9 heteroatoms. The second kappa shape index (κ2) is 8.22. The van der Waals surface area contributed by atoms with Crippen LogP contribution in [0.4, 0.5) is 6.01 Å². The molecule has 0 fully saturated rings. The molecular weight excluding hydrogens is 382 g/mol. The Morgan fingerprint density at radius 1 is 1.14 bits per heavy atom. The van der Waals surface area contributed by atoms with Crippen molar-refractivity contribution in [3.63, 3.8) is 0 Å². The number of nitrogens with one attached hydrogen (secondary N) is 1. The highest BCUT2D eigenvalue weighted by Gasteiger charge is 2.15. The minimum atomic E-state index is -0.223. The van der Waals surface area contributed by atoms with Crippen LogP contribution in [-0.2, 0) is 11.2 Å². The molecule has 0 bridgehead atoms. The van der Waals surface area contributed by atoms with Crippen LogP contribution in [0, 0.1) is 0 Å². The standard InChI is InChI=1S/C19H17N3O5S/c1-24-13-3-5-14(6-4-13)28-10-17(23)20-19-22-21-18(27-19)9-12-2-7-15-16(8-12)26-11-25-15/h2-8H,9-11H2,1H3,(H,20,22,23). The molecule has 1 N–H and O–H groups in total. The summed E-state index contributed by atoms with van der Waals surface area (Å²) in [6, 6.07) is 13.2. The number of amides is 1. The number of methoxy groups -OCH3 is 1. The third kappa shape index (κ3) is 4.37. The Morgan fingerprint density at radius 3 is 2.79 bits per heavy atom. The molecule has 2 aromatic carbocycles. The van der Waals surface area contributed by atoms with E-state index in [2.05, 4.69) is 15.5 Å². The van der Waals surface area contributed by atoms with Crippen molar-refractivity contribution in [2.75, 3.05) is 25.0 Å². The van der Waals surface area contributed by atoms with E-state index in [1.807, 2.05) is 42.5 Å². The fraction of sp³-hybridized carbons (Fsp3) is 0.211. The summed E-state index contributed by atoms with van der Waals surface area (Å²) in [6.07, 6.45) is 0.431. The zero-order valence-electron chi connectivity index (χ0n) is 15.0. The highest BCUT2D eigenvalue weighted by atomic mass is 32.2. The number of carbonyl (C=O) groups excluding carboxylic acids is 1. The average Bonchev–Trinajstić information content (AvgIpc) is 3.35. The first-order valence-electron chi connectivity index (χ1n) is 8.47. The first-order chi connectivity index (χ1) is 13.7. The molecule has 28 heavy (non-hydrogen) atoms. The number of anilines is 1. The van der Waals surface area contributed by atoms with Gasteiger partial charge in [-0.1, -0.05) is 11.2 Å². The summed E-state index contributed by atoms with van der Waals surface area (Å²) < 4.78 is 21.3. The summed E-state index contributed by atoms with van der Waals surface area (Å²) >= 11 is 1.40. The number of rotatable bonds is 7. The topological polar surface area (TPSA) is 95.7 Å². The van der Waals surface area contributed by atoms with Crippen molar-refractivity contribution >= 4 is 23.7 Å². The molecule has 0 saturated heterocycles. The van der Waals surface area contributed by atoms with Crippen LogP contribution in [-0.4, -0.2) is 35.8 Å². The molecule has 0 spiro atoms. The summed E-state index contributed by atoms with van der Waals surface area (Å²) in [5.74, 6) is 2.59. The van der Waals surface area contributed by atoms with Gasteiger partial charge in [-0.05, 0) is 42.0 Å². The van der Waals surface area contributed by atoms with Crippen LogP contribution in [0.3, 0.4) is 0 Å². The van der Waals surface area contributed by atoms with Crippen molar-refractivity contribution < 1.29 is 23.4 Å². The van der Waals surface area contributed by atoms with Crippen LogP contribution in [0.5, 0.6) is 17.2 Å². The Morgan fingerprint density at radius 2 is 1.96 bits per heavy atom. The molecular formula is C19H17N3O5S. The Labute approximate surface area is 165 Å². The van der Waals surface area contributed by atoms with Gasteiger partial charge in [0, 0.05) is 4.90 Å². The number of ether oxygens (including phenoxy) is 3. The molecule has 0 unspecified atom stereocenters. The number of hydrogen-bond acceptors (Lipinski definition) is 8. The normalized spacial score (nSPS) is 12.0. The van der Waals surface area contributed by atoms with Crippen LogP contribution in [0.1, 0.15) is 11.5 Å². The van der Waals surface area contributed by atoms with E-state index in [0.29, 0.717) is 18.1 Å². The SMILES string of the molecule is COc1ccc(SCC(=O)Nc2nnc(Cc3ccc4c(c3)OCO4)o2)cc1. The Kier molecular flexibility index (Phi) is 5.34. The maximum Gasteiger partial charge on any atom is 0.322 e. The second-order valence-corrected chi connectivity index (χ2v) is 6.93. The van der Waals surface area contributed by atoms with Gasteiger partial charge < -0.3 is 18.6 Å². The number of nitrogens with zero attached hydrogens (tertiary/aromatic N) is 2. The Balaban J connectivity index is 1.29. The van der Waals surface area contributed by atoms with Gasteiger partial charge in [0.1, 0.15) is 5.75 Å². The van der Waals surface area contributed by atoms with Gasteiger partial charge in [-0.2, -0.15) is 0 Å². The van der Waals surface area contributed by atoms with Gasteiger partial charge in [0.25, 0.3) is 0 Å². The maximum atomic E-state index is 12.1. The van der Waals surface area contributed by atoms with E-state index >= 15 is 0 Å². The lowest BCUT2D eigenvalue weighted by Crippen LogP contribution is -2.14. The molecule has 1 aromatic heterocycles. The lowest BCUT2D eigenvalue weighted by atomic mass is 10.1. The van der Waals surface area contributed by atoms with Gasteiger partial charge in [-0.25, -0.2) is 0 Å². The van der Waals surface area contributed by atoms with Gasteiger partial charge in [0.15, 0.2) is 11.5 Å². The molecule has 3 aromatic rings. The summed E-state index contributed by atoms with van der Waals surface area (Å²) in [6.45, 7) is 0.226. The largest absolute Gasteiger partial charge is 0.497 e. The first kappa shape index (κ1) is 18.2. The van der Waals surface area contributed by atoms with E-state index in [1.54, 1.807) is 7.11 Å². The van der Waals surface area contributed by atoms with E-state index in [0.717, 1.165) is 22.0 Å². The molecule has 144 valence electrons. The van der Waals surface area contributed by atoms with Gasteiger partial charge in [-0.15, -0.1) is 16.9 Å². The highest BCUT2D eigenvalue weighted by Crippen LogP contribution is 2.33. The van der Waals surface area contributed by atoms with E-state index in [9.17, 15) is 4.79 Å². The zero-order chi connectivity index (χ0) is 19.3. The number of benzene rings is 2. The summed E-state index contributed by atoms with van der Waals surface area (Å²) in [5, 5.41) is 10.5. The molecule has 0 aliphatic carbocycles. The van der Waals surface area contributed by atoms with Gasteiger partial charge in [0.2, 0.25) is 18.6 Å². The number of hydrogen-bond donors (Lipinski definition) is 1. The fourth-order valence-electron chi connectivity index (χ4n) is 2.58. The van der Waals surface area contributed by atoms with Crippen molar-refractivity contribution in [3.8, 4) is 17.2 Å². The van der Waals surface area contributed by atoms with E-state index in [4.69, 9.17) is 18.6 Å². The van der Waals surface area contributed by atoms with Crippen LogP contribution >= 0.6 is 11.8 Å². The van der Waals surface area contributed by atoms with Crippen molar-refractivity contribution in [1.82, 2.24) is 10.2 Å². The second-order valence-electron chi connectivity index (χ2n) is 5.88. The number of fused-ring (bicyclic) bond motifs is 1. The Hall–Kier alpha value is -3.20. The lowest BCUT2D eigenvalue weighted by molar-refractivity contribution is -0.113. The first-order valence-corrected chi connectivity index (χ1v) is 9.46. The molecule has 0 saturated carbocycles. The van der Waals surface area contributed by atoms with E-state index in [1.165, 1.54) is 11.8 Å². The smallest absolute Gasteiger partial charge is 0.322 e. The minimum Gasteiger partial charge on any atom is -0.497 e. The van der Waals surface area contributed by atoms with Crippen LogP contribution < -0.4 is 19.5 Å². The predicted octanol–water partition coefficient (Wildman–Crippen LogP) is 3.13. The molecule has 0 radical (unpaired) electrons. The van der Waals surface area contributed by atoms with Gasteiger partial charge in [0.05, 0.1) is 19.3 Å². The van der Waals surface area contributed by atoms with Gasteiger partial charge in [-0.3, -0.25) is 10.1 Å². The highest BCUT2D eigenvalue weighted by molar-refractivity contribution is 8.00. The quantitative estimate of drug-likeness (QED) is 0.606. The molecule has 1 aliphatic heterocycles. The molecule has 0 atom stereocenters. The van der Waals surface area contributed by atoms with Gasteiger partial charge >= 0.3 is 6.01 Å². The van der Waals surface area contributed by atoms with Crippen LogP contribution in [0.2, 0.25) is 0 Å². The van der Waals surface area contributed by atoms with Crippen molar-refractivity contribution in [2.45, 2.75) is 11.3 Å². The van der Waals surface area contributed by atoms with E-state index < -0.39 is 0 Å². The predicted molar refractivity (Wildman–Crippen MR) is 102 cm³/mol. The Bertz CT molecular complexity index is 974. The van der Waals surface area contributed by atoms with E-state index in [-0.39, 0.29) is 24.5 Å². The third-order valence-electron chi connectivity index (χ3n) is 3.93. The number of aromatic nitrogens is 2. The van der Waals surface area contributed by atoms with Crippen molar-refractivity contribution in [3.05, 3.63) is 53.9 Å². The molecule has 8 nitrogen and oxygen atoms in total. The summed E-state index contributed by atoms with van der Waals surface area (Å²) in [5.41, 5.74) is 0.945. The number of carbonyl (C=O) groups is 1. The maximum absolute atomic E-state index is 12.1.